The van der Waals surface area contributed by atoms with Crippen LogP contribution in [0.25, 0.3) is 11.2 Å². The summed E-state index contributed by atoms with van der Waals surface area (Å²) in [7, 11) is 2.77. The maximum Gasteiger partial charge on any atom is 0.332 e. The van der Waals surface area contributed by atoms with Crippen molar-refractivity contribution in [2.75, 3.05) is 11.9 Å². The molecule has 0 saturated heterocycles. The van der Waals surface area contributed by atoms with Crippen molar-refractivity contribution in [2.45, 2.75) is 6.54 Å². The predicted octanol–water partition coefficient (Wildman–Crippen LogP) is -0.245. The van der Waals surface area contributed by atoms with Crippen LogP contribution in [0.5, 0.6) is 0 Å². The fourth-order valence-electron chi connectivity index (χ4n) is 2.61. The van der Waals surface area contributed by atoms with E-state index in [0.717, 1.165) is 10.6 Å². The van der Waals surface area contributed by atoms with E-state index in [1.807, 2.05) is 0 Å². The molecule has 1 N–H and O–H groups in total. The fraction of sp³-hybridized carbons (Fsp3) is 0.235. The maximum absolute atomic E-state index is 13.1. The Morgan fingerprint density at radius 1 is 1.21 bits per heavy atom. The predicted molar refractivity (Wildman–Crippen MR) is 96.2 cm³/mol. The number of rotatable bonds is 5. The number of aryl methyl sites for hydroxylation is 1. The average molecular weight is 389 g/mol. The second-order valence-corrected chi connectivity index (χ2v) is 5.97. The first-order valence-corrected chi connectivity index (χ1v) is 8.10. The number of benzene rings is 1. The SMILES string of the molecule is Cn1c(=O)c2c(ncn2CC(=O)OCC(=O)Nc2cccc(F)c2)n(C)c1=O. The van der Waals surface area contributed by atoms with E-state index < -0.39 is 35.5 Å². The standard InChI is InChI=1S/C17H16FN5O5/c1-21-15-14(16(26)22(2)17(21)27)23(9-19-15)7-13(25)28-8-12(24)20-11-5-3-4-10(18)6-11/h3-6,9H,7-8H2,1-2H3,(H,20,24). The molecule has 0 spiro atoms. The number of imidazole rings is 1. The molecule has 28 heavy (non-hydrogen) atoms. The first-order chi connectivity index (χ1) is 13.3. The highest BCUT2D eigenvalue weighted by atomic mass is 19.1. The Labute approximate surface area is 156 Å². The molecule has 0 fully saturated rings. The molecule has 0 aliphatic carbocycles. The average Bonchev–Trinajstić information content (AvgIpc) is 3.06. The number of carbonyl (C=O) groups is 2. The number of anilines is 1. The summed E-state index contributed by atoms with van der Waals surface area (Å²) in [6.45, 7) is -0.963. The molecular weight excluding hydrogens is 373 g/mol. The van der Waals surface area contributed by atoms with Crippen molar-refractivity contribution < 1.29 is 18.7 Å². The van der Waals surface area contributed by atoms with E-state index >= 15 is 0 Å². The van der Waals surface area contributed by atoms with Gasteiger partial charge in [-0.05, 0) is 18.2 Å². The van der Waals surface area contributed by atoms with Crippen LogP contribution in [0.4, 0.5) is 10.1 Å². The molecule has 2 heterocycles. The van der Waals surface area contributed by atoms with Crippen molar-refractivity contribution in [1.82, 2.24) is 18.7 Å². The lowest BCUT2D eigenvalue weighted by Gasteiger charge is -2.08. The molecule has 0 aliphatic rings. The molecular formula is C17H16FN5O5. The number of ether oxygens (including phenoxy) is 1. The molecule has 1 aromatic carbocycles. The van der Waals surface area contributed by atoms with Crippen LogP contribution in [0.1, 0.15) is 0 Å². The van der Waals surface area contributed by atoms with Crippen LogP contribution in [-0.2, 0) is 35.0 Å². The third-order valence-corrected chi connectivity index (χ3v) is 3.99. The van der Waals surface area contributed by atoms with Gasteiger partial charge in [-0.1, -0.05) is 6.07 Å². The van der Waals surface area contributed by atoms with Gasteiger partial charge in [0.1, 0.15) is 12.4 Å². The van der Waals surface area contributed by atoms with Crippen LogP contribution in [0.2, 0.25) is 0 Å². The second kappa shape index (κ2) is 7.47. The number of aromatic nitrogens is 4. The van der Waals surface area contributed by atoms with Gasteiger partial charge in [0.25, 0.3) is 11.5 Å². The van der Waals surface area contributed by atoms with Gasteiger partial charge in [0.05, 0.1) is 6.33 Å². The monoisotopic (exact) mass is 389 g/mol. The van der Waals surface area contributed by atoms with Gasteiger partial charge >= 0.3 is 11.7 Å². The lowest BCUT2D eigenvalue weighted by atomic mass is 10.3. The summed E-state index contributed by atoms with van der Waals surface area (Å²) in [5, 5.41) is 2.39. The van der Waals surface area contributed by atoms with E-state index in [0.29, 0.717) is 0 Å². The number of hydrogen-bond donors (Lipinski definition) is 1. The number of halogens is 1. The number of amides is 1. The van der Waals surface area contributed by atoms with Crippen LogP contribution in [0.3, 0.4) is 0 Å². The summed E-state index contributed by atoms with van der Waals surface area (Å²) in [5.74, 6) is -1.95. The van der Waals surface area contributed by atoms with Gasteiger partial charge in [-0.2, -0.15) is 0 Å². The van der Waals surface area contributed by atoms with E-state index in [1.54, 1.807) is 0 Å². The van der Waals surface area contributed by atoms with Gasteiger partial charge in [-0.15, -0.1) is 0 Å². The second-order valence-electron chi connectivity index (χ2n) is 5.97. The zero-order chi connectivity index (χ0) is 20.4. The summed E-state index contributed by atoms with van der Waals surface area (Å²) >= 11 is 0. The molecule has 10 nitrogen and oxygen atoms in total. The largest absolute Gasteiger partial charge is 0.454 e. The van der Waals surface area contributed by atoms with Crippen molar-refractivity contribution in [3.8, 4) is 0 Å². The molecule has 0 unspecified atom stereocenters. The Morgan fingerprint density at radius 2 is 1.96 bits per heavy atom. The Morgan fingerprint density at radius 3 is 2.68 bits per heavy atom. The Hall–Kier alpha value is -3.76. The third-order valence-electron chi connectivity index (χ3n) is 3.99. The molecule has 0 saturated carbocycles. The van der Waals surface area contributed by atoms with Crippen molar-refractivity contribution in [2.24, 2.45) is 14.1 Å². The highest BCUT2D eigenvalue weighted by Crippen LogP contribution is 2.09. The molecule has 0 bridgehead atoms. The zero-order valence-corrected chi connectivity index (χ0v) is 15.0. The smallest absolute Gasteiger partial charge is 0.332 e. The molecule has 1 amide bonds. The fourth-order valence-corrected chi connectivity index (χ4v) is 2.61. The highest BCUT2D eigenvalue weighted by Gasteiger charge is 2.17. The summed E-state index contributed by atoms with van der Waals surface area (Å²) in [6.07, 6.45) is 1.24. The van der Waals surface area contributed by atoms with Crippen LogP contribution in [-0.4, -0.2) is 37.2 Å². The summed E-state index contributed by atoms with van der Waals surface area (Å²) in [5.41, 5.74) is -0.729. The van der Waals surface area contributed by atoms with Gasteiger partial charge in [0, 0.05) is 19.8 Å². The first kappa shape index (κ1) is 19.0. The molecule has 0 radical (unpaired) electrons. The maximum atomic E-state index is 13.1. The molecule has 11 heteroatoms. The van der Waals surface area contributed by atoms with Gasteiger partial charge in [0.2, 0.25) is 0 Å². The quantitative estimate of drug-likeness (QED) is 0.602. The summed E-state index contributed by atoms with van der Waals surface area (Å²) < 4.78 is 21.3. The van der Waals surface area contributed by atoms with Crippen molar-refractivity contribution in [1.29, 1.82) is 0 Å². The lowest BCUT2D eigenvalue weighted by Crippen LogP contribution is -2.37. The van der Waals surface area contributed by atoms with Crippen molar-refractivity contribution in [3.05, 3.63) is 57.2 Å². The van der Waals surface area contributed by atoms with E-state index in [9.17, 15) is 23.6 Å². The van der Waals surface area contributed by atoms with Gasteiger partial charge in [-0.3, -0.25) is 23.5 Å². The minimum atomic E-state index is -0.787. The van der Waals surface area contributed by atoms with E-state index in [2.05, 4.69) is 10.3 Å². The Balaban J connectivity index is 1.68. The van der Waals surface area contributed by atoms with Gasteiger partial charge in [0.15, 0.2) is 17.8 Å². The highest BCUT2D eigenvalue weighted by molar-refractivity contribution is 5.92. The number of esters is 1. The molecule has 2 aromatic heterocycles. The minimum absolute atomic E-state index is 0.0609. The van der Waals surface area contributed by atoms with Crippen LogP contribution in [0.15, 0.2) is 40.2 Å². The van der Waals surface area contributed by atoms with E-state index in [1.165, 1.54) is 47.8 Å². The molecule has 0 aliphatic heterocycles. The minimum Gasteiger partial charge on any atom is -0.454 e. The summed E-state index contributed by atoms with van der Waals surface area (Å²) in [6, 6.07) is 5.26. The number of fused-ring (bicyclic) bond motifs is 1. The van der Waals surface area contributed by atoms with Crippen molar-refractivity contribution in [3.63, 3.8) is 0 Å². The van der Waals surface area contributed by atoms with Crippen molar-refractivity contribution >= 4 is 28.7 Å². The van der Waals surface area contributed by atoms with E-state index in [-0.39, 0.29) is 23.4 Å². The third kappa shape index (κ3) is 3.68. The molecule has 146 valence electrons. The van der Waals surface area contributed by atoms with Gasteiger partial charge < -0.3 is 14.6 Å². The molecule has 3 aromatic rings. The Kier molecular flexibility index (Phi) is 5.07. The van der Waals surface area contributed by atoms with Crippen LogP contribution in [0, 0.1) is 5.82 Å². The van der Waals surface area contributed by atoms with Crippen LogP contribution >= 0.6 is 0 Å². The Bertz CT molecular complexity index is 1190. The first-order valence-electron chi connectivity index (χ1n) is 8.10. The summed E-state index contributed by atoms with van der Waals surface area (Å²) in [4.78, 5) is 52.0. The topological polar surface area (TPSA) is 117 Å². The number of hydrogen-bond acceptors (Lipinski definition) is 6. The molecule has 3 rings (SSSR count). The lowest BCUT2D eigenvalue weighted by molar-refractivity contribution is -0.147. The molecule has 0 atom stereocenters. The number of carbonyl (C=O) groups excluding carboxylic acids is 2. The number of nitrogens with one attached hydrogen (secondary N) is 1. The van der Waals surface area contributed by atoms with E-state index in [4.69, 9.17) is 4.74 Å². The van der Waals surface area contributed by atoms with Crippen LogP contribution < -0.4 is 16.6 Å². The zero-order valence-electron chi connectivity index (χ0n) is 15.0. The number of nitrogens with zero attached hydrogens (tertiary/aromatic N) is 4. The normalized spacial score (nSPS) is 10.8. The van der Waals surface area contributed by atoms with Gasteiger partial charge in [-0.25, -0.2) is 14.2 Å².